The molecule has 0 atom stereocenters. The van der Waals surface area contributed by atoms with Gasteiger partial charge in [-0.3, -0.25) is 14.4 Å². The van der Waals surface area contributed by atoms with Crippen molar-refractivity contribution in [1.29, 1.82) is 0 Å². The van der Waals surface area contributed by atoms with Crippen molar-refractivity contribution in [3.63, 3.8) is 0 Å². The number of aryl methyl sites for hydroxylation is 1. The summed E-state index contributed by atoms with van der Waals surface area (Å²) in [5.74, 6) is 0.318. The first-order valence-corrected chi connectivity index (χ1v) is 14.0. The van der Waals surface area contributed by atoms with E-state index in [1.54, 1.807) is 0 Å². The topological polar surface area (TPSA) is 71.4 Å². The summed E-state index contributed by atoms with van der Waals surface area (Å²) < 4.78 is 0. The number of hydrogen-bond acceptors (Lipinski definition) is 3. The number of hydrogen-bond donors (Lipinski definition) is 1. The lowest BCUT2D eigenvalue weighted by atomic mass is 9.77. The quantitative estimate of drug-likeness (QED) is 0.252. The van der Waals surface area contributed by atoms with E-state index in [4.69, 9.17) is 5.11 Å². The molecule has 0 unspecified atom stereocenters. The Morgan fingerprint density at radius 3 is 2.16 bits per heavy atom. The number of carboxylic acid groups (broad SMARTS) is 1. The SMILES string of the molecule is CCc1ccccc1-c1ccc(C(=O)CCCC(=O)Cc2ccc(C3CCC(CC(=O)O)CC3)cc2)cc1. The van der Waals surface area contributed by atoms with Gasteiger partial charge in [-0.05, 0) is 78.2 Å². The molecule has 0 aliphatic heterocycles. The molecule has 0 bridgehead atoms. The Morgan fingerprint density at radius 1 is 0.816 bits per heavy atom. The molecule has 1 fully saturated rings. The van der Waals surface area contributed by atoms with E-state index in [2.05, 4.69) is 37.3 Å². The average Bonchev–Trinajstić information content (AvgIpc) is 2.93. The molecule has 1 aliphatic rings. The Kier molecular flexibility index (Phi) is 9.64. The van der Waals surface area contributed by atoms with Gasteiger partial charge in [-0.15, -0.1) is 0 Å². The summed E-state index contributed by atoms with van der Waals surface area (Å²) in [4.78, 5) is 36.2. The average molecular weight is 511 g/mol. The van der Waals surface area contributed by atoms with Crippen molar-refractivity contribution in [1.82, 2.24) is 0 Å². The second-order valence-corrected chi connectivity index (χ2v) is 10.6. The van der Waals surface area contributed by atoms with Crippen LogP contribution < -0.4 is 0 Å². The molecule has 0 spiro atoms. The predicted molar refractivity (Wildman–Crippen MR) is 152 cm³/mol. The molecule has 3 aromatic rings. The van der Waals surface area contributed by atoms with Crippen molar-refractivity contribution in [2.45, 2.75) is 77.0 Å². The van der Waals surface area contributed by atoms with Crippen molar-refractivity contribution in [2.24, 2.45) is 5.92 Å². The minimum Gasteiger partial charge on any atom is -0.481 e. The fourth-order valence-electron chi connectivity index (χ4n) is 5.71. The largest absolute Gasteiger partial charge is 0.481 e. The maximum atomic E-state index is 12.7. The van der Waals surface area contributed by atoms with Gasteiger partial charge in [0.15, 0.2) is 5.78 Å². The maximum Gasteiger partial charge on any atom is 0.303 e. The highest BCUT2D eigenvalue weighted by Gasteiger charge is 2.24. The van der Waals surface area contributed by atoms with Crippen LogP contribution in [-0.2, 0) is 22.4 Å². The molecule has 4 nitrogen and oxygen atoms in total. The van der Waals surface area contributed by atoms with Gasteiger partial charge in [0.25, 0.3) is 0 Å². The van der Waals surface area contributed by atoms with Gasteiger partial charge < -0.3 is 5.11 Å². The van der Waals surface area contributed by atoms with Crippen LogP contribution in [0.25, 0.3) is 11.1 Å². The number of rotatable bonds is 12. The maximum absolute atomic E-state index is 12.7. The van der Waals surface area contributed by atoms with Gasteiger partial charge in [-0.1, -0.05) is 79.7 Å². The van der Waals surface area contributed by atoms with Gasteiger partial charge in [-0.25, -0.2) is 0 Å². The van der Waals surface area contributed by atoms with Crippen molar-refractivity contribution in [2.75, 3.05) is 0 Å². The number of carboxylic acids is 1. The summed E-state index contributed by atoms with van der Waals surface area (Å²) in [6.07, 6.45) is 6.97. The number of carbonyl (C=O) groups excluding carboxylic acids is 2. The number of aliphatic carboxylic acids is 1. The van der Waals surface area contributed by atoms with Crippen LogP contribution in [0.3, 0.4) is 0 Å². The van der Waals surface area contributed by atoms with E-state index in [1.807, 2.05) is 42.5 Å². The number of carbonyl (C=O) groups is 3. The zero-order valence-corrected chi connectivity index (χ0v) is 22.3. The molecular formula is C34H38O4. The lowest BCUT2D eigenvalue weighted by Gasteiger charge is -2.28. The highest BCUT2D eigenvalue weighted by atomic mass is 16.4. The Bertz CT molecular complexity index is 1230. The monoisotopic (exact) mass is 510 g/mol. The van der Waals surface area contributed by atoms with Gasteiger partial charge in [0.05, 0.1) is 0 Å². The smallest absolute Gasteiger partial charge is 0.303 e. The van der Waals surface area contributed by atoms with Crippen LogP contribution in [0.4, 0.5) is 0 Å². The molecule has 198 valence electrons. The van der Waals surface area contributed by atoms with Crippen LogP contribution in [0.5, 0.6) is 0 Å². The van der Waals surface area contributed by atoms with Gasteiger partial charge in [0, 0.05) is 31.2 Å². The summed E-state index contributed by atoms with van der Waals surface area (Å²) in [6.45, 7) is 2.14. The fourth-order valence-corrected chi connectivity index (χ4v) is 5.71. The minimum atomic E-state index is -0.699. The van der Waals surface area contributed by atoms with E-state index in [0.29, 0.717) is 43.1 Å². The van der Waals surface area contributed by atoms with E-state index < -0.39 is 5.97 Å². The fraction of sp³-hybridized carbons (Fsp3) is 0.382. The number of benzene rings is 3. The number of Topliss-reactive ketones (excluding diaryl/α,β-unsaturated/α-hetero) is 2. The summed E-state index contributed by atoms with van der Waals surface area (Å²) in [5.41, 5.74) is 6.60. The predicted octanol–water partition coefficient (Wildman–Crippen LogP) is 7.83. The van der Waals surface area contributed by atoms with Gasteiger partial charge in [0.2, 0.25) is 0 Å². The Balaban J connectivity index is 1.20. The molecule has 0 saturated heterocycles. The number of ketones is 2. The highest BCUT2D eigenvalue weighted by Crippen LogP contribution is 2.37. The molecule has 0 amide bonds. The molecule has 3 aromatic carbocycles. The van der Waals surface area contributed by atoms with E-state index >= 15 is 0 Å². The molecule has 4 heteroatoms. The lowest BCUT2D eigenvalue weighted by molar-refractivity contribution is -0.138. The van der Waals surface area contributed by atoms with Crippen molar-refractivity contribution in [3.8, 4) is 11.1 Å². The summed E-state index contributed by atoms with van der Waals surface area (Å²) >= 11 is 0. The van der Waals surface area contributed by atoms with E-state index in [9.17, 15) is 14.4 Å². The Morgan fingerprint density at radius 2 is 1.50 bits per heavy atom. The van der Waals surface area contributed by atoms with Crippen LogP contribution in [0.1, 0.15) is 91.3 Å². The molecule has 0 heterocycles. The van der Waals surface area contributed by atoms with Crippen LogP contribution in [0, 0.1) is 5.92 Å². The van der Waals surface area contributed by atoms with Crippen molar-refractivity contribution in [3.05, 3.63) is 95.1 Å². The molecule has 4 rings (SSSR count). The summed E-state index contributed by atoms with van der Waals surface area (Å²) in [5, 5.41) is 9.00. The molecule has 38 heavy (non-hydrogen) atoms. The zero-order valence-electron chi connectivity index (χ0n) is 22.3. The van der Waals surface area contributed by atoms with Crippen molar-refractivity contribution < 1.29 is 19.5 Å². The first-order valence-electron chi connectivity index (χ1n) is 14.0. The van der Waals surface area contributed by atoms with E-state index in [0.717, 1.165) is 43.2 Å². The van der Waals surface area contributed by atoms with E-state index in [1.165, 1.54) is 16.7 Å². The van der Waals surface area contributed by atoms with E-state index in [-0.39, 0.29) is 18.0 Å². The van der Waals surface area contributed by atoms with Gasteiger partial charge in [0.1, 0.15) is 5.78 Å². The lowest BCUT2D eigenvalue weighted by Crippen LogP contribution is -2.16. The van der Waals surface area contributed by atoms with Crippen LogP contribution in [-0.4, -0.2) is 22.6 Å². The zero-order chi connectivity index (χ0) is 26.9. The van der Waals surface area contributed by atoms with Crippen LogP contribution >= 0.6 is 0 Å². The summed E-state index contributed by atoms with van der Waals surface area (Å²) in [6, 6.07) is 24.5. The standard InChI is InChI=1S/C34H38O4/c1-2-26-6-3-4-8-32(26)29-18-20-30(21-19-29)33(36)9-5-7-31(35)22-24-10-14-27(15-11-24)28-16-12-25(13-17-28)23-34(37)38/h3-4,6,8,10-11,14-15,18-21,25,28H,2,5,7,9,12-13,16-17,22-23H2,1H3,(H,37,38). The van der Waals surface area contributed by atoms with Gasteiger partial charge >= 0.3 is 5.97 Å². The van der Waals surface area contributed by atoms with Crippen LogP contribution in [0.2, 0.25) is 0 Å². The Labute approximate surface area is 226 Å². The molecular weight excluding hydrogens is 472 g/mol. The second-order valence-electron chi connectivity index (χ2n) is 10.6. The highest BCUT2D eigenvalue weighted by molar-refractivity contribution is 5.96. The Hall–Kier alpha value is -3.53. The molecule has 0 aromatic heterocycles. The van der Waals surface area contributed by atoms with Gasteiger partial charge in [-0.2, -0.15) is 0 Å². The third-order valence-electron chi connectivity index (χ3n) is 7.94. The van der Waals surface area contributed by atoms with Crippen LogP contribution in [0.15, 0.2) is 72.8 Å². The molecule has 1 N–H and O–H groups in total. The first-order chi connectivity index (χ1) is 18.4. The van der Waals surface area contributed by atoms with Crippen molar-refractivity contribution >= 4 is 17.5 Å². The first kappa shape index (κ1) is 27.5. The molecule has 0 radical (unpaired) electrons. The third kappa shape index (κ3) is 7.50. The normalized spacial score (nSPS) is 17.2. The third-order valence-corrected chi connectivity index (χ3v) is 7.94. The second kappa shape index (κ2) is 13.3. The molecule has 1 saturated carbocycles. The minimum absolute atomic E-state index is 0.0792. The summed E-state index contributed by atoms with van der Waals surface area (Å²) in [7, 11) is 0. The molecule has 1 aliphatic carbocycles.